The van der Waals surface area contributed by atoms with E-state index in [1.54, 1.807) is 18.2 Å². The van der Waals surface area contributed by atoms with Gasteiger partial charge in [-0.25, -0.2) is 8.42 Å². The molecule has 1 aliphatic rings. The normalized spacial score (nSPS) is 16.7. The van der Waals surface area contributed by atoms with E-state index < -0.39 is 10.0 Å². The van der Waals surface area contributed by atoms with Crippen LogP contribution in [0.1, 0.15) is 32.1 Å². The van der Waals surface area contributed by atoms with E-state index in [0.29, 0.717) is 17.3 Å². The molecule has 0 aromatic heterocycles. The largest absolute Gasteiger partial charge is 0.495 e. The van der Waals surface area contributed by atoms with Crippen LogP contribution in [0.15, 0.2) is 35.7 Å². The van der Waals surface area contributed by atoms with Crippen molar-refractivity contribution < 1.29 is 13.2 Å². The zero-order valence-electron chi connectivity index (χ0n) is 12.8. The lowest BCUT2D eigenvalue weighted by Gasteiger charge is -2.33. The number of ether oxygens (including phenoxy) is 1. The van der Waals surface area contributed by atoms with Crippen LogP contribution in [0.5, 0.6) is 5.75 Å². The zero-order chi connectivity index (χ0) is 16.2. The first-order valence-electron chi connectivity index (χ1n) is 7.47. The quantitative estimate of drug-likeness (QED) is 0.737. The summed E-state index contributed by atoms with van der Waals surface area (Å²) in [5.74, 6) is 0.314. The van der Waals surface area contributed by atoms with Gasteiger partial charge >= 0.3 is 0 Å². The number of nitrogens with zero attached hydrogens (tertiary/aromatic N) is 1. The molecule has 1 aliphatic carbocycles. The Morgan fingerprint density at radius 3 is 2.64 bits per heavy atom. The maximum absolute atomic E-state index is 13.1. The third-order valence-electron chi connectivity index (χ3n) is 4.00. The third kappa shape index (κ3) is 3.65. The molecule has 0 bridgehead atoms. The van der Waals surface area contributed by atoms with Gasteiger partial charge in [0, 0.05) is 17.6 Å². The number of methoxy groups -OCH3 is 1. The number of hydrogen-bond acceptors (Lipinski definition) is 3. The molecule has 1 saturated carbocycles. The van der Waals surface area contributed by atoms with Crippen LogP contribution in [0.3, 0.4) is 0 Å². The van der Waals surface area contributed by atoms with Crippen LogP contribution in [0.25, 0.3) is 0 Å². The van der Waals surface area contributed by atoms with Gasteiger partial charge in [-0.1, -0.05) is 36.9 Å². The number of rotatable bonds is 6. The van der Waals surface area contributed by atoms with Crippen molar-refractivity contribution in [2.24, 2.45) is 0 Å². The molecule has 1 fully saturated rings. The molecule has 122 valence electrons. The van der Waals surface area contributed by atoms with Crippen LogP contribution < -0.4 is 4.74 Å². The van der Waals surface area contributed by atoms with Gasteiger partial charge in [-0.15, -0.1) is 6.58 Å². The second-order valence-electron chi connectivity index (χ2n) is 5.45. The fourth-order valence-electron chi connectivity index (χ4n) is 2.92. The van der Waals surface area contributed by atoms with E-state index >= 15 is 0 Å². The number of hydrogen-bond donors (Lipinski definition) is 0. The maximum atomic E-state index is 13.1. The van der Waals surface area contributed by atoms with Crippen molar-refractivity contribution >= 4 is 21.6 Å². The van der Waals surface area contributed by atoms with E-state index in [4.69, 9.17) is 16.3 Å². The summed E-state index contributed by atoms with van der Waals surface area (Å²) in [6, 6.07) is 4.68. The fraction of sp³-hybridized carbons (Fsp3) is 0.500. The summed E-state index contributed by atoms with van der Waals surface area (Å²) < 4.78 is 32.9. The molecule has 6 heteroatoms. The Morgan fingerprint density at radius 2 is 2.05 bits per heavy atom. The van der Waals surface area contributed by atoms with Gasteiger partial charge in [-0.3, -0.25) is 0 Å². The average Bonchev–Trinajstić information content (AvgIpc) is 2.53. The molecule has 1 aromatic rings. The van der Waals surface area contributed by atoms with Gasteiger partial charge in [0.15, 0.2) is 0 Å². The Morgan fingerprint density at radius 1 is 1.36 bits per heavy atom. The molecule has 0 radical (unpaired) electrons. The molecule has 22 heavy (non-hydrogen) atoms. The topological polar surface area (TPSA) is 46.6 Å². The summed E-state index contributed by atoms with van der Waals surface area (Å²) in [6.45, 7) is 3.99. The Labute approximate surface area is 137 Å². The second kappa shape index (κ2) is 7.49. The van der Waals surface area contributed by atoms with Gasteiger partial charge in [-0.2, -0.15) is 4.31 Å². The van der Waals surface area contributed by atoms with Crippen LogP contribution in [-0.2, 0) is 10.0 Å². The second-order valence-corrected chi connectivity index (χ2v) is 7.75. The van der Waals surface area contributed by atoms with Crippen LogP contribution in [0.2, 0.25) is 5.02 Å². The molecule has 0 unspecified atom stereocenters. The highest BCUT2D eigenvalue weighted by Gasteiger charge is 2.33. The monoisotopic (exact) mass is 343 g/mol. The van der Waals surface area contributed by atoms with Crippen molar-refractivity contribution in [3.63, 3.8) is 0 Å². The predicted molar refractivity (Wildman–Crippen MR) is 89.0 cm³/mol. The van der Waals surface area contributed by atoms with Crippen LogP contribution >= 0.6 is 11.6 Å². The Balaban J connectivity index is 2.44. The highest BCUT2D eigenvalue weighted by atomic mass is 35.5. The minimum Gasteiger partial charge on any atom is -0.495 e. The van der Waals surface area contributed by atoms with E-state index in [-0.39, 0.29) is 10.9 Å². The first-order valence-corrected chi connectivity index (χ1v) is 9.28. The molecule has 1 aromatic carbocycles. The predicted octanol–water partition coefficient (Wildman–Crippen LogP) is 3.86. The van der Waals surface area contributed by atoms with Crippen molar-refractivity contribution in [1.82, 2.24) is 4.31 Å². The Kier molecular flexibility index (Phi) is 5.89. The molecule has 0 atom stereocenters. The van der Waals surface area contributed by atoms with Crippen molar-refractivity contribution in [1.29, 1.82) is 0 Å². The molecule has 0 aliphatic heterocycles. The lowest BCUT2D eigenvalue weighted by molar-refractivity contribution is 0.268. The molecule has 0 heterocycles. The lowest BCUT2D eigenvalue weighted by atomic mass is 9.95. The number of sulfonamides is 1. The van der Waals surface area contributed by atoms with Gasteiger partial charge in [0.1, 0.15) is 10.6 Å². The molecule has 0 spiro atoms. The molecule has 4 nitrogen and oxygen atoms in total. The van der Waals surface area contributed by atoms with Gasteiger partial charge in [0.05, 0.1) is 7.11 Å². The summed E-state index contributed by atoms with van der Waals surface area (Å²) in [6.07, 6.45) is 6.68. The fourth-order valence-corrected chi connectivity index (χ4v) is 4.99. The minimum absolute atomic E-state index is 0.0143. The van der Waals surface area contributed by atoms with Gasteiger partial charge in [0.25, 0.3) is 0 Å². The number of halogens is 1. The summed E-state index contributed by atoms with van der Waals surface area (Å²) in [5, 5.41) is 0.376. The summed E-state index contributed by atoms with van der Waals surface area (Å²) >= 11 is 5.99. The molecule has 0 amide bonds. The zero-order valence-corrected chi connectivity index (χ0v) is 14.4. The summed E-state index contributed by atoms with van der Waals surface area (Å²) in [5.41, 5.74) is 0. The van der Waals surface area contributed by atoms with Crippen LogP contribution in [0, 0.1) is 0 Å². The van der Waals surface area contributed by atoms with Crippen molar-refractivity contribution in [3.8, 4) is 5.75 Å². The summed E-state index contributed by atoms with van der Waals surface area (Å²) in [4.78, 5) is 0.120. The minimum atomic E-state index is -3.68. The third-order valence-corrected chi connectivity index (χ3v) is 6.18. The maximum Gasteiger partial charge on any atom is 0.247 e. The Hall–Kier alpha value is -1.04. The highest BCUT2D eigenvalue weighted by Crippen LogP contribution is 2.33. The number of benzene rings is 1. The SMILES string of the molecule is C=CCN(C1CCCCC1)S(=O)(=O)c1cc(Cl)ccc1OC. The highest BCUT2D eigenvalue weighted by molar-refractivity contribution is 7.89. The van der Waals surface area contributed by atoms with Crippen LogP contribution in [-0.4, -0.2) is 32.4 Å². The standard InChI is InChI=1S/C16H22ClNO3S/c1-3-11-18(14-7-5-4-6-8-14)22(19,20)16-12-13(17)9-10-15(16)21-2/h3,9-10,12,14H,1,4-8,11H2,2H3. The smallest absolute Gasteiger partial charge is 0.247 e. The van der Waals surface area contributed by atoms with Crippen molar-refractivity contribution in [2.75, 3.05) is 13.7 Å². The first kappa shape index (κ1) is 17.3. The molecule has 0 N–H and O–H groups in total. The van der Waals surface area contributed by atoms with Crippen molar-refractivity contribution in [3.05, 3.63) is 35.9 Å². The average molecular weight is 344 g/mol. The van der Waals surface area contributed by atoms with Gasteiger partial charge in [0.2, 0.25) is 10.0 Å². The Bertz CT molecular complexity index is 624. The molecule has 0 saturated heterocycles. The van der Waals surface area contributed by atoms with Crippen molar-refractivity contribution in [2.45, 2.75) is 43.0 Å². The van der Waals surface area contributed by atoms with E-state index in [1.165, 1.54) is 23.9 Å². The molecule has 2 rings (SSSR count). The van der Waals surface area contributed by atoms with E-state index in [2.05, 4.69) is 6.58 Å². The lowest BCUT2D eigenvalue weighted by Crippen LogP contribution is -2.41. The van der Waals surface area contributed by atoms with E-state index in [0.717, 1.165) is 25.7 Å². The van der Waals surface area contributed by atoms with Crippen LogP contribution in [0.4, 0.5) is 0 Å². The van der Waals surface area contributed by atoms with E-state index in [9.17, 15) is 8.42 Å². The van der Waals surface area contributed by atoms with E-state index in [1.807, 2.05) is 0 Å². The van der Waals surface area contributed by atoms with Gasteiger partial charge < -0.3 is 4.74 Å². The molecular weight excluding hydrogens is 322 g/mol. The molecular formula is C16H22ClNO3S. The van der Waals surface area contributed by atoms with Gasteiger partial charge in [-0.05, 0) is 31.0 Å². The summed E-state index contributed by atoms with van der Waals surface area (Å²) in [7, 11) is -2.22. The first-order chi connectivity index (χ1) is 10.5.